The lowest BCUT2D eigenvalue weighted by molar-refractivity contribution is 0.0695. The van der Waals surface area contributed by atoms with Crippen molar-refractivity contribution in [3.05, 3.63) is 64.3 Å². The van der Waals surface area contributed by atoms with Gasteiger partial charge in [-0.15, -0.1) is 11.3 Å². The summed E-state index contributed by atoms with van der Waals surface area (Å²) in [6, 6.07) is 12.1. The summed E-state index contributed by atoms with van der Waals surface area (Å²) >= 11 is 1.61. The molecule has 3 atom stereocenters. The van der Waals surface area contributed by atoms with Crippen LogP contribution in [0, 0.1) is 25.7 Å². The van der Waals surface area contributed by atoms with Crippen molar-refractivity contribution < 1.29 is 9.59 Å². The molecule has 0 unspecified atom stereocenters. The maximum Gasteiger partial charge on any atom is 0.269 e. The smallest absolute Gasteiger partial charge is 0.269 e. The van der Waals surface area contributed by atoms with Crippen LogP contribution in [0.4, 0.5) is 0 Å². The second-order valence-electron chi connectivity index (χ2n) is 8.91. The standard InChI is InChI=1S/C25H28N4O2S/c1-4-29-21(11-16(3)27-29)24(30)26-13-22-20-12-18(20)14-28(22)25(31)19-8-9-32-23(19)17-7-5-6-15(2)10-17/h5-11,18,20,22H,4,12-14H2,1-3H3,(H,26,30)/t18-,20-,22+/m0/s1. The average Bonchev–Trinajstić information content (AvgIpc) is 3.13. The van der Waals surface area contributed by atoms with Crippen LogP contribution in [0.15, 0.2) is 41.8 Å². The molecule has 0 radical (unpaired) electrons. The molecule has 2 aromatic heterocycles. The molecule has 1 saturated heterocycles. The van der Waals surface area contributed by atoms with E-state index in [1.807, 2.05) is 42.3 Å². The van der Waals surface area contributed by atoms with Crippen molar-refractivity contribution in [1.29, 1.82) is 0 Å². The van der Waals surface area contributed by atoms with Gasteiger partial charge in [-0.05, 0) is 62.1 Å². The molecule has 1 saturated carbocycles. The molecule has 166 valence electrons. The van der Waals surface area contributed by atoms with E-state index in [-0.39, 0.29) is 17.9 Å². The minimum atomic E-state index is -0.125. The number of aryl methyl sites for hydroxylation is 3. The van der Waals surface area contributed by atoms with E-state index in [9.17, 15) is 9.59 Å². The Morgan fingerprint density at radius 2 is 2.06 bits per heavy atom. The minimum absolute atomic E-state index is 0.0424. The zero-order chi connectivity index (χ0) is 22.4. The van der Waals surface area contributed by atoms with Crippen LogP contribution >= 0.6 is 11.3 Å². The van der Waals surface area contributed by atoms with Crippen LogP contribution < -0.4 is 5.32 Å². The van der Waals surface area contributed by atoms with Gasteiger partial charge < -0.3 is 10.2 Å². The van der Waals surface area contributed by atoms with Crippen molar-refractivity contribution in [3.8, 4) is 10.4 Å². The molecule has 5 rings (SSSR count). The van der Waals surface area contributed by atoms with Crippen LogP contribution in [0.2, 0.25) is 0 Å². The molecular formula is C25H28N4O2S. The van der Waals surface area contributed by atoms with Gasteiger partial charge in [-0.3, -0.25) is 14.3 Å². The monoisotopic (exact) mass is 448 g/mol. The molecule has 1 aliphatic carbocycles. The molecule has 0 bridgehead atoms. The highest BCUT2D eigenvalue weighted by atomic mass is 32.1. The Labute approximate surface area is 192 Å². The number of aromatic nitrogens is 2. The maximum atomic E-state index is 13.6. The van der Waals surface area contributed by atoms with E-state index in [0.717, 1.165) is 34.7 Å². The number of hydrogen-bond donors (Lipinski definition) is 1. The predicted molar refractivity (Wildman–Crippen MR) is 126 cm³/mol. The fourth-order valence-electron chi connectivity index (χ4n) is 4.97. The summed E-state index contributed by atoms with van der Waals surface area (Å²) in [5.41, 5.74) is 4.43. The van der Waals surface area contributed by atoms with Crippen molar-refractivity contribution in [2.45, 2.75) is 39.8 Å². The van der Waals surface area contributed by atoms with E-state index in [1.165, 1.54) is 5.56 Å². The molecule has 2 aliphatic rings. The normalized spacial score (nSPS) is 21.5. The van der Waals surface area contributed by atoms with Gasteiger partial charge in [-0.2, -0.15) is 5.10 Å². The summed E-state index contributed by atoms with van der Waals surface area (Å²) in [6.07, 6.45) is 1.14. The van der Waals surface area contributed by atoms with Crippen LogP contribution in [0.3, 0.4) is 0 Å². The molecule has 1 N–H and O–H groups in total. The lowest BCUT2D eigenvalue weighted by atomic mass is 10.1. The highest BCUT2D eigenvalue weighted by molar-refractivity contribution is 7.14. The van der Waals surface area contributed by atoms with Crippen LogP contribution in [-0.4, -0.2) is 45.6 Å². The number of carbonyl (C=O) groups excluding carboxylic acids is 2. The van der Waals surface area contributed by atoms with Crippen molar-refractivity contribution in [2.75, 3.05) is 13.1 Å². The van der Waals surface area contributed by atoms with E-state index < -0.39 is 0 Å². The Hall–Kier alpha value is -2.93. The first-order valence-corrected chi connectivity index (χ1v) is 12.1. The third-order valence-corrected chi connectivity index (χ3v) is 7.61. The molecular weight excluding hydrogens is 420 g/mol. The number of fused-ring (bicyclic) bond motifs is 1. The third kappa shape index (κ3) is 3.75. The van der Waals surface area contributed by atoms with Gasteiger partial charge in [-0.25, -0.2) is 0 Å². The summed E-state index contributed by atoms with van der Waals surface area (Å²) in [5, 5.41) is 9.44. The van der Waals surface area contributed by atoms with Gasteiger partial charge in [0.2, 0.25) is 0 Å². The first-order chi connectivity index (χ1) is 15.5. The minimum Gasteiger partial charge on any atom is -0.349 e. The topological polar surface area (TPSA) is 67.2 Å². The highest BCUT2D eigenvalue weighted by Crippen LogP contribution is 2.50. The van der Waals surface area contributed by atoms with E-state index in [2.05, 4.69) is 35.5 Å². The summed E-state index contributed by atoms with van der Waals surface area (Å²) in [7, 11) is 0. The number of benzene rings is 1. The predicted octanol–water partition coefficient (Wildman–Crippen LogP) is 4.14. The Morgan fingerprint density at radius 3 is 2.84 bits per heavy atom. The molecule has 0 spiro atoms. The highest BCUT2D eigenvalue weighted by Gasteiger charge is 2.54. The van der Waals surface area contributed by atoms with Gasteiger partial charge in [0.1, 0.15) is 5.69 Å². The molecule has 1 aliphatic heterocycles. The van der Waals surface area contributed by atoms with Crippen LogP contribution in [0.25, 0.3) is 10.4 Å². The number of rotatable bonds is 6. The summed E-state index contributed by atoms with van der Waals surface area (Å²) < 4.78 is 1.72. The fraction of sp³-hybridized carbons (Fsp3) is 0.400. The Morgan fingerprint density at radius 1 is 1.22 bits per heavy atom. The lowest BCUT2D eigenvalue weighted by Gasteiger charge is -2.28. The molecule has 32 heavy (non-hydrogen) atoms. The first-order valence-electron chi connectivity index (χ1n) is 11.2. The fourth-order valence-corrected chi connectivity index (χ4v) is 5.85. The SMILES string of the molecule is CCn1nc(C)cc1C(=O)NC[C@@H]1[C@H]2C[C@H]2CN1C(=O)c1ccsc1-c1cccc(C)c1. The quantitative estimate of drug-likeness (QED) is 0.616. The third-order valence-electron chi connectivity index (χ3n) is 6.65. The number of hydrogen-bond acceptors (Lipinski definition) is 4. The Balaban J connectivity index is 1.33. The van der Waals surface area contributed by atoms with Crippen molar-refractivity contribution in [2.24, 2.45) is 11.8 Å². The number of piperidine rings is 1. The van der Waals surface area contributed by atoms with E-state index in [0.29, 0.717) is 30.6 Å². The first kappa shape index (κ1) is 20.9. The number of thiophene rings is 1. The molecule has 6 nitrogen and oxygen atoms in total. The molecule has 1 aromatic carbocycles. The largest absolute Gasteiger partial charge is 0.349 e. The van der Waals surface area contributed by atoms with E-state index >= 15 is 0 Å². The van der Waals surface area contributed by atoms with Crippen LogP contribution in [-0.2, 0) is 6.54 Å². The van der Waals surface area contributed by atoms with Gasteiger partial charge in [0.05, 0.1) is 17.3 Å². The van der Waals surface area contributed by atoms with Gasteiger partial charge in [-0.1, -0.05) is 29.8 Å². The zero-order valence-electron chi connectivity index (χ0n) is 18.7. The van der Waals surface area contributed by atoms with Gasteiger partial charge in [0.15, 0.2) is 0 Å². The molecule has 2 fully saturated rings. The number of amides is 2. The lowest BCUT2D eigenvalue weighted by Crippen LogP contribution is -2.45. The van der Waals surface area contributed by atoms with Gasteiger partial charge in [0.25, 0.3) is 11.8 Å². The van der Waals surface area contributed by atoms with Crippen LogP contribution in [0.1, 0.15) is 45.4 Å². The second-order valence-corrected chi connectivity index (χ2v) is 9.83. The number of likely N-dealkylation sites (tertiary alicyclic amines) is 1. The van der Waals surface area contributed by atoms with Crippen LogP contribution in [0.5, 0.6) is 0 Å². The zero-order valence-corrected chi connectivity index (χ0v) is 19.5. The molecule has 3 heterocycles. The average molecular weight is 449 g/mol. The number of nitrogens with zero attached hydrogens (tertiary/aromatic N) is 3. The van der Waals surface area contributed by atoms with Crippen molar-refractivity contribution in [3.63, 3.8) is 0 Å². The van der Waals surface area contributed by atoms with E-state index in [4.69, 9.17) is 0 Å². The maximum absolute atomic E-state index is 13.6. The summed E-state index contributed by atoms with van der Waals surface area (Å²) in [6.45, 7) is 7.83. The number of carbonyl (C=O) groups is 2. The summed E-state index contributed by atoms with van der Waals surface area (Å²) in [5.74, 6) is 0.993. The molecule has 7 heteroatoms. The Kier molecular flexibility index (Phi) is 5.37. The van der Waals surface area contributed by atoms with Gasteiger partial charge in [0, 0.05) is 24.5 Å². The molecule has 3 aromatic rings. The molecule has 2 amide bonds. The summed E-state index contributed by atoms with van der Waals surface area (Å²) in [4.78, 5) is 29.4. The van der Waals surface area contributed by atoms with Crippen molar-refractivity contribution in [1.82, 2.24) is 20.0 Å². The van der Waals surface area contributed by atoms with Gasteiger partial charge >= 0.3 is 0 Å². The number of nitrogens with one attached hydrogen (secondary N) is 1. The van der Waals surface area contributed by atoms with Crippen molar-refractivity contribution >= 4 is 23.2 Å². The second kappa shape index (κ2) is 8.20. The van der Waals surface area contributed by atoms with E-state index in [1.54, 1.807) is 16.0 Å². The Bertz CT molecular complexity index is 1180.